The normalized spacial score (nSPS) is 24.2. The van der Waals surface area contributed by atoms with E-state index in [0.717, 1.165) is 45.2 Å². The summed E-state index contributed by atoms with van der Waals surface area (Å²) in [5.74, 6) is 1.31. The molecule has 0 atom stereocenters. The topological polar surface area (TPSA) is 84.7 Å². The number of nitrogens with zero attached hydrogens (tertiary/aromatic N) is 2. The molecule has 2 aliphatic carbocycles. The number of nitrogens with two attached hydrogens (primary N) is 2. The van der Waals surface area contributed by atoms with Crippen LogP contribution in [-0.4, -0.2) is 30.4 Å². The number of aliphatic imine (C=N–C) groups is 1. The number of guanidine groups is 1. The zero-order valence-corrected chi connectivity index (χ0v) is 20.2. The molecule has 2 aliphatic rings. The second-order valence-corrected chi connectivity index (χ2v) is 11.3. The molecule has 31 heavy (non-hydrogen) atoms. The van der Waals surface area contributed by atoms with E-state index in [9.17, 15) is 4.79 Å². The molecule has 3 rings (SSSR count). The Bertz CT molecular complexity index is 815. The minimum atomic E-state index is 0.182. The van der Waals surface area contributed by atoms with Gasteiger partial charge in [0.2, 0.25) is 6.41 Å². The smallest absolute Gasteiger partial charge is 0.210 e. The third-order valence-electron chi connectivity index (χ3n) is 7.82. The van der Waals surface area contributed by atoms with E-state index < -0.39 is 0 Å². The predicted octanol–water partition coefficient (Wildman–Crippen LogP) is 4.38. The van der Waals surface area contributed by atoms with Gasteiger partial charge in [0.25, 0.3) is 0 Å². The van der Waals surface area contributed by atoms with Gasteiger partial charge in [0.1, 0.15) is 0 Å². The Morgan fingerprint density at radius 3 is 2.13 bits per heavy atom. The van der Waals surface area contributed by atoms with E-state index in [1.165, 1.54) is 35.1 Å². The van der Waals surface area contributed by atoms with Crippen LogP contribution in [0.4, 0.5) is 0 Å². The van der Waals surface area contributed by atoms with Crippen molar-refractivity contribution in [1.29, 1.82) is 0 Å². The summed E-state index contributed by atoms with van der Waals surface area (Å²) >= 11 is 0. The molecule has 1 saturated carbocycles. The minimum absolute atomic E-state index is 0.182. The van der Waals surface area contributed by atoms with Gasteiger partial charge in [0.15, 0.2) is 5.96 Å². The molecule has 0 saturated heterocycles. The van der Waals surface area contributed by atoms with Crippen molar-refractivity contribution in [2.45, 2.75) is 90.5 Å². The van der Waals surface area contributed by atoms with Crippen LogP contribution in [0.1, 0.15) is 88.5 Å². The van der Waals surface area contributed by atoms with Crippen LogP contribution < -0.4 is 11.5 Å². The average Bonchev–Trinajstić information content (AvgIpc) is 2.71. The summed E-state index contributed by atoms with van der Waals surface area (Å²) in [5, 5.41) is 0. The van der Waals surface area contributed by atoms with E-state index in [1.807, 2.05) is 4.90 Å². The Kier molecular flexibility index (Phi) is 7.02. The van der Waals surface area contributed by atoms with Crippen LogP contribution in [0.3, 0.4) is 0 Å². The highest BCUT2D eigenvalue weighted by molar-refractivity contribution is 5.75. The molecule has 0 heterocycles. The third kappa shape index (κ3) is 5.61. The van der Waals surface area contributed by atoms with E-state index >= 15 is 0 Å². The standard InChI is InChI=1S/C26H42N4O/c1-18-12-22-23(26(4,5)11-10-25(22,2)3)13-21(18)16-30(17-31)15-20-8-6-19(7-9-20)14-29-24(27)28/h12-13,17,19-20H,6-11,14-16H2,1-5H3,(H4,27,28,29). The largest absolute Gasteiger partial charge is 0.370 e. The highest BCUT2D eigenvalue weighted by Gasteiger charge is 2.37. The summed E-state index contributed by atoms with van der Waals surface area (Å²) in [6.45, 7) is 13.9. The lowest BCUT2D eigenvalue weighted by atomic mass is 9.62. The number of fused-ring (bicyclic) bond motifs is 1. The van der Waals surface area contributed by atoms with Crippen LogP contribution in [0.25, 0.3) is 0 Å². The predicted molar refractivity (Wildman–Crippen MR) is 129 cm³/mol. The minimum Gasteiger partial charge on any atom is -0.370 e. The number of hydrogen-bond donors (Lipinski definition) is 2. The summed E-state index contributed by atoms with van der Waals surface area (Å²) in [4.78, 5) is 18.1. The van der Waals surface area contributed by atoms with Crippen molar-refractivity contribution in [3.05, 3.63) is 34.4 Å². The van der Waals surface area contributed by atoms with Gasteiger partial charge in [-0.25, -0.2) is 0 Å². The van der Waals surface area contributed by atoms with Gasteiger partial charge in [-0.3, -0.25) is 9.79 Å². The van der Waals surface area contributed by atoms with Gasteiger partial charge in [0.05, 0.1) is 0 Å². The maximum Gasteiger partial charge on any atom is 0.210 e. The highest BCUT2D eigenvalue weighted by Crippen LogP contribution is 2.46. The molecule has 5 heteroatoms. The second-order valence-electron chi connectivity index (χ2n) is 11.3. The zero-order chi connectivity index (χ0) is 22.8. The van der Waals surface area contributed by atoms with Crippen LogP contribution >= 0.6 is 0 Å². The van der Waals surface area contributed by atoms with E-state index in [-0.39, 0.29) is 16.8 Å². The first-order valence-electron chi connectivity index (χ1n) is 11.9. The molecule has 1 fully saturated rings. The lowest BCUT2D eigenvalue weighted by Gasteiger charge is -2.42. The van der Waals surface area contributed by atoms with E-state index in [1.54, 1.807) is 0 Å². The van der Waals surface area contributed by atoms with Crippen molar-refractivity contribution >= 4 is 12.4 Å². The Balaban J connectivity index is 1.67. The molecule has 4 N–H and O–H groups in total. The van der Waals surface area contributed by atoms with Crippen LogP contribution in [0, 0.1) is 18.8 Å². The molecule has 1 amide bonds. The highest BCUT2D eigenvalue weighted by atomic mass is 16.1. The third-order valence-corrected chi connectivity index (χ3v) is 7.82. The van der Waals surface area contributed by atoms with Crippen molar-refractivity contribution in [2.24, 2.45) is 28.3 Å². The summed E-state index contributed by atoms with van der Waals surface area (Å²) in [5.41, 5.74) is 16.9. The van der Waals surface area contributed by atoms with Gasteiger partial charge in [-0.1, -0.05) is 39.8 Å². The fourth-order valence-electron chi connectivity index (χ4n) is 5.46. The number of carbonyl (C=O) groups excluding carboxylic acids is 1. The summed E-state index contributed by atoms with van der Waals surface area (Å²) in [6.07, 6.45) is 8.01. The molecule has 1 aromatic rings. The molecular weight excluding hydrogens is 384 g/mol. The molecule has 172 valence electrons. The number of amides is 1. The number of rotatable bonds is 7. The lowest BCUT2D eigenvalue weighted by molar-refractivity contribution is -0.119. The van der Waals surface area contributed by atoms with Crippen LogP contribution in [0.15, 0.2) is 17.1 Å². The molecule has 1 aromatic carbocycles. The van der Waals surface area contributed by atoms with Gasteiger partial charge in [-0.15, -0.1) is 0 Å². The molecule has 0 unspecified atom stereocenters. The van der Waals surface area contributed by atoms with Crippen molar-refractivity contribution in [2.75, 3.05) is 13.1 Å². The van der Waals surface area contributed by atoms with Gasteiger partial charge in [-0.05, 0) is 90.4 Å². The van der Waals surface area contributed by atoms with Gasteiger partial charge < -0.3 is 16.4 Å². The van der Waals surface area contributed by atoms with E-state index in [0.29, 0.717) is 18.4 Å². The van der Waals surface area contributed by atoms with Crippen LogP contribution in [-0.2, 0) is 22.2 Å². The molecule has 0 bridgehead atoms. The first kappa shape index (κ1) is 23.6. The van der Waals surface area contributed by atoms with Crippen molar-refractivity contribution in [1.82, 2.24) is 4.90 Å². The van der Waals surface area contributed by atoms with Gasteiger partial charge in [-0.2, -0.15) is 0 Å². The number of aryl methyl sites for hydroxylation is 1. The monoisotopic (exact) mass is 426 g/mol. The van der Waals surface area contributed by atoms with Crippen molar-refractivity contribution < 1.29 is 4.79 Å². The maximum atomic E-state index is 11.9. The fraction of sp³-hybridized carbons (Fsp3) is 0.692. The Morgan fingerprint density at radius 1 is 1.03 bits per heavy atom. The number of hydrogen-bond acceptors (Lipinski definition) is 2. The van der Waals surface area contributed by atoms with Gasteiger partial charge in [0, 0.05) is 19.6 Å². The summed E-state index contributed by atoms with van der Waals surface area (Å²) in [6, 6.07) is 4.79. The molecule has 0 aliphatic heterocycles. The van der Waals surface area contributed by atoms with E-state index in [2.05, 4.69) is 51.7 Å². The SMILES string of the molecule is Cc1cc2c(cc1CN(C=O)CC1CCC(CN=C(N)N)CC1)C(C)(C)CCC2(C)C. The Morgan fingerprint density at radius 2 is 1.58 bits per heavy atom. The quantitative estimate of drug-likeness (QED) is 0.385. The Labute approximate surface area is 188 Å². The number of benzene rings is 1. The van der Waals surface area contributed by atoms with Crippen molar-refractivity contribution in [3.8, 4) is 0 Å². The summed E-state index contributed by atoms with van der Waals surface area (Å²) in [7, 11) is 0. The first-order chi connectivity index (χ1) is 14.5. The maximum absolute atomic E-state index is 11.9. The summed E-state index contributed by atoms with van der Waals surface area (Å²) < 4.78 is 0. The van der Waals surface area contributed by atoms with E-state index in [4.69, 9.17) is 11.5 Å². The average molecular weight is 427 g/mol. The van der Waals surface area contributed by atoms with Crippen LogP contribution in [0.5, 0.6) is 0 Å². The Hall–Kier alpha value is -2.04. The second kappa shape index (κ2) is 9.22. The lowest BCUT2D eigenvalue weighted by Crippen LogP contribution is -2.35. The van der Waals surface area contributed by atoms with Gasteiger partial charge >= 0.3 is 0 Å². The number of carbonyl (C=O) groups is 1. The molecule has 0 radical (unpaired) electrons. The molecule has 0 spiro atoms. The molecule has 5 nitrogen and oxygen atoms in total. The van der Waals surface area contributed by atoms with Crippen molar-refractivity contribution in [3.63, 3.8) is 0 Å². The van der Waals surface area contributed by atoms with Crippen LogP contribution in [0.2, 0.25) is 0 Å². The zero-order valence-electron chi connectivity index (χ0n) is 20.2. The molecule has 0 aromatic heterocycles. The molecular formula is C26H42N4O. The fourth-order valence-corrected chi connectivity index (χ4v) is 5.46. The first-order valence-corrected chi connectivity index (χ1v) is 11.9.